The fourth-order valence-corrected chi connectivity index (χ4v) is 5.42. The lowest BCUT2D eigenvalue weighted by atomic mass is 9.79. The van der Waals surface area contributed by atoms with Gasteiger partial charge in [0.05, 0.1) is 22.3 Å². The molecule has 256 valence electrons. The monoisotopic (exact) mass is 684 g/mol. The summed E-state index contributed by atoms with van der Waals surface area (Å²) in [4.78, 5) is 53.1. The molecule has 5 aromatic rings. The largest absolute Gasteiger partial charge is 0.494 e. The van der Waals surface area contributed by atoms with Crippen LogP contribution in [0.25, 0.3) is 0 Å². The highest BCUT2D eigenvalue weighted by Gasteiger charge is 2.51. The molecule has 1 aliphatic rings. The Labute approximate surface area is 295 Å². The van der Waals surface area contributed by atoms with E-state index in [4.69, 9.17) is 28.3 Å². The lowest BCUT2D eigenvalue weighted by Gasteiger charge is -2.31. The predicted molar refractivity (Wildman–Crippen MR) is 186 cm³/mol. The molecule has 11 heteroatoms. The molecule has 0 bridgehead atoms. The van der Waals surface area contributed by atoms with E-state index in [2.05, 4.69) is 0 Å². The minimum atomic E-state index is -1.27. The van der Waals surface area contributed by atoms with Crippen LogP contribution in [0.4, 0.5) is 0 Å². The molecule has 0 saturated carbocycles. The minimum absolute atomic E-state index is 0.246. The molecule has 0 radical (unpaired) electrons. The van der Waals surface area contributed by atoms with Gasteiger partial charge in [-0.3, -0.25) is 0 Å². The van der Waals surface area contributed by atoms with E-state index in [0.717, 1.165) is 0 Å². The van der Waals surface area contributed by atoms with Crippen LogP contribution in [0.2, 0.25) is 0 Å². The molecular weight excluding hydrogens is 651 g/mol. The second kappa shape index (κ2) is 17.1. The van der Waals surface area contributed by atoms with Gasteiger partial charge in [0.25, 0.3) is 0 Å². The fourth-order valence-electron chi connectivity index (χ4n) is 5.42. The standard InChI is InChI=1S/C40H33BO10/c42-37(28-16-6-1-7-17-28)46-26-33(48-39(44)30-20-10-3-11-21-30)35-36(51-41(50-35)32-24-14-5-15-25-32)34(49-40(45)31-22-12-4-13-23-31)27-47-38(43)29-18-8-2-9-19-29/h1-25,33-36H,26-27H2/t33-,34+,35-,36?/m1/s1. The minimum Gasteiger partial charge on any atom is -0.458 e. The van der Waals surface area contributed by atoms with E-state index >= 15 is 0 Å². The van der Waals surface area contributed by atoms with Crippen LogP contribution in [0.5, 0.6) is 0 Å². The number of benzene rings is 5. The first-order chi connectivity index (χ1) is 25.0. The molecule has 1 unspecified atom stereocenters. The molecule has 4 atom stereocenters. The Bertz CT molecular complexity index is 1770. The molecule has 0 N–H and O–H groups in total. The summed E-state index contributed by atoms with van der Waals surface area (Å²) < 4.78 is 36.2. The first kappa shape index (κ1) is 34.8. The van der Waals surface area contributed by atoms with Crippen LogP contribution in [0.1, 0.15) is 41.4 Å². The average Bonchev–Trinajstić information content (AvgIpc) is 3.64. The second-order valence-corrected chi connectivity index (χ2v) is 11.5. The van der Waals surface area contributed by atoms with E-state index in [1.807, 2.05) is 6.07 Å². The summed E-state index contributed by atoms with van der Waals surface area (Å²) in [5, 5.41) is 0. The zero-order valence-electron chi connectivity index (χ0n) is 27.3. The topological polar surface area (TPSA) is 124 Å². The van der Waals surface area contributed by atoms with E-state index < -0.39 is 68.6 Å². The van der Waals surface area contributed by atoms with Gasteiger partial charge in [-0.1, -0.05) is 103 Å². The Morgan fingerprint density at radius 2 is 0.745 bits per heavy atom. The van der Waals surface area contributed by atoms with E-state index in [0.29, 0.717) is 5.46 Å². The number of ether oxygens (including phenoxy) is 4. The molecule has 0 amide bonds. The van der Waals surface area contributed by atoms with Crippen LogP contribution in [-0.2, 0) is 28.3 Å². The van der Waals surface area contributed by atoms with E-state index in [1.165, 1.54) is 0 Å². The Kier molecular flexibility index (Phi) is 11.6. The van der Waals surface area contributed by atoms with Crippen molar-refractivity contribution >= 4 is 36.5 Å². The summed E-state index contributed by atoms with van der Waals surface area (Å²) in [7, 11) is -1.02. The number of rotatable bonds is 13. The van der Waals surface area contributed by atoms with Crippen LogP contribution in [0.15, 0.2) is 152 Å². The van der Waals surface area contributed by atoms with Gasteiger partial charge in [-0.15, -0.1) is 0 Å². The van der Waals surface area contributed by atoms with Crippen LogP contribution in [0, 0.1) is 0 Å². The van der Waals surface area contributed by atoms with Crippen molar-refractivity contribution in [3.8, 4) is 0 Å². The van der Waals surface area contributed by atoms with E-state index in [9.17, 15) is 19.2 Å². The summed E-state index contributed by atoms with van der Waals surface area (Å²) in [5.41, 5.74) is 1.69. The van der Waals surface area contributed by atoms with Gasteiger partial charge in [-0.25, -0.2) is 19.2 Å². The molecule has 0 aromatic heterocycles. The first-order valence-electron chi connectivity index (χ1n) is 16.3. The molecule has 1 heterocycles. The smallest absolute Gasteiger partial charge is 0.458 e. The van der Waals surface area contributed by atoms with Gasteiger partial charge >= 0.3 is 31.0 Å². The maximum Gasteiger partial charge on any atom is 0.494 e. The normalized spacial score (nSPS) is 16.4. The molecule has 1 saturated heterocycles. The number of carbonyl (C=O) groups excluding carboxylic acids is 4. The van der Waals surface area contributed by atoms with Crippen molar-refractivity contribution in [3.05, 3.63) is 174 Å². The Balaban J connectivity index is 1.34. The molecule has 5 aromatic carbocycles. The number of hydrogen-bond acceptors (Lipinski definition) is 10. The quantitative estimate of drug-likeness (QED) is 0.0914. The number of carbonyl (C=O) groups is 4. The highest BCUT2D eigenvalue weighted by molar-refractivity contribution is 6.61. The summed E-state index contributed by atoms with van der Waals surface area (Å²) in [6.07, 6.45) is -4.91. The van der Waals surface area contributed by atoms with Gasteiger partial charge in [-0.05, 0) is 54.0 Å². The molecule has 1 aliphatic heterocycles. The van der Waals surface area contributed by atoms with Gasteiger partial charge in [-0.2, -0.15) is 0 Å². The third-order valence-corrected chi connectivity index (χ3v) is 8.00. The van der Waals surface area contributed by atoms with Gasteiger partial charge in [0.2, 0.25) is 0 Å². The Morgan fingerprint density at radius 1 is 0.451 bits per heavy atom. The third kappa shape index (κ3) is 9.15. The Hall–Kier alpha value is -6.04. The van der Waals surface area contributed by atoms with Crippen molar-refractivity contribution in [1.82, 2.24) is 0 Å². The van der Waals surface area contributed by atoms with Crippen LogP contribution in [0.3, 0.4) is 0 Å². The zero-order chi connectivity index (χ0) is 35.4. The molecule has 0 aliphatic carbocycles. The lowest BCUT2D eigenvalue weighted by molar-refractivity contribution is -0.0839. The predicted octanol–water partition coefficient (Wildman–Crippen LogP) is 5.33. The molecule has 1 fully saturated rings. The van der Waals surface area contributed by atoms with E-state index in [1.54, 1.807) is 146 Å². The van der Waals surface area contributed by atoms with Crippen LogP contribution >= 0.6 is 0 Å². The van der Waals surface area contributed by atoms with Gasteiger partial charge < -0.3 is 28.3 Å². The van der Waals surface area contributed by atoms with Crippen molar-refractivity contribution < 1.29 is 47.4 Å². The summed E-state index contributed by atoms with van der Waals surface area (Å²) in [5.74, 6) is -2.74. The Morgan fingerprint density at radius 3 is 1.08 bits per heavy atom. The van der Waals surface area contributed by atoms with Gasteiger partial charge in [0.1, 0.15) is 25.4 Å². The zero-order valence-corrected chi connectivity index (χ0v) is 27.3. The van der Waals surface area contributed by atoms with Crippen LogP contribution < -0.4 is 5.46 Å². The van der Waals surface area contributed by atoms with E-state index in [-0.39, 0.29) is 22.3 Å². The molecular formula is C40H33BO10. The van der Waals surface area contributed by atoms with Crippen molar-refractivity contribution in [2.45, 2.75) is 24.4 Å². The van der Waals surface area contributed by atoms with Crippen LogP contribution in [-0.4, -0.2) is 68.6 Å². The third-order valence-electron chi connectivity index (χ3n) is 8.00. The average molecular weight is 685 g/mol. The maximum absolute atomic E-state index is 13.5. The second-order valence-electron chi connectivity index (χ2n) is 11.5. The summed E-state index contributed by atoms with van der Waals surface area (Å²) in [6.45, 7) is -0.886. The lowest BCUT2D eigenvalue weighted by Crippen LogP contribution is -2.49. The van der Waals surface area contributed by atoms with Crippen molar-refractivity contribution in [2.75, 3.05) is 13.2 Å². The maximum atomic E-state index is 13.5. The van der Waals surface area contributed by atoms with Gasteiger partial charge in [0.15, 0.2) is 12.2 Å². The summed E-state index contributed by atoms with van der Waals surface area (Å²) in [6, 6.07) is 42.3. The van der Waals surface area contributed by atoms with Crippen molar-refractivity contribution in [1.29, 1.82) is 0 Å². The highest BCUT2D eigenvalue weighted by atomic mass is 16.7. The fraction of sp³-hybridized carbons (Fsp3) is 0.150. The molecule has 10 nitrogen and oxygen atoms in total. The number of hydrogen-bond donors (Lipinski definition) is 0. The van der Waals surface area contributed by atoms with Gasteiger partial charge in [0, 0.05) is 0 Å². The molecule has 51 heavy (non-hydrogen) atoms. The van der Waals surface area contributed by atoms with Crippen molar-refractivity contribution in [2.24, 2.45) is 0 Å². The van der Waals surface area contributed by atoms with Crippen molar-refractivity contribution in [3.63, 3.8) is 0 Å². The molecule has 0 spiro atoms. The SMILES string of the molecule is O=C(OC[C@H](OC(=O)c1ccccc1)C1OB(c2ccccc2)O[C@@H]1[C@@H](COC(=O)c1ccccc1)OC(=O)c1ccccc1)c1ccccc1. The summed E-state index contributed by atoms with van der Waals surface area (Å²) >= 11 is 0. The first-order valence-corrected chi connectivity index (χ1v) is 16.3. The number of esters is 4. The highest BCUT2D eigenvalue weighted by Crippen LogP contribution is 2.28. The molecule has 6 rings (SSSR count).